The number of fused-ring (bicyclic) bond motifs is 13. The second-order valence-corrected chi connectivity index (χ2v) is 30.7. The lowest BCUT2D eigenvalue weighted by atomic mass is 9.33. The monoisotopic (exact) mass is 1080 g/mol. The SMILES string of the molecule is CC(C)(C)c1ccc(N2c3cc4c(cc3B3c5cc(C(C)(C)C)cc6c5N(c5cc(N7c8ccc(-c9ccccc9)cc8C8(C)CCCCC78C)cc2c53)C2(C)CCCCC62C)sc2ccc(C(C)(C)C)cc24)c(-c2ccccc2)c1. The molecule has 9 aromatic rings. The summed E-state index contributed by atoms with van der Waals surface area (Å²) in [6.45, 7) is 32.1. The molecule has 0 amide bonds. The number of nitrogens with zero attached hydrogens (tertiary/aromatic N) is 3. The quantitative estimate of drug-likeness (QED) is 0.163. The number of anilines is 7. The molecule has 15 rings (SSSR count). The fraction of sp³-hybridized carbons (Fsp3) is 0.368. The Balaban J connectivity index is 1.10. The van der Waals surface area contributed by atoms with Crippen molar-refractivity contribution in [3.05, 3.63) is 179 Å². The Hall–Kier alpha value is -6.56. The molecule has 4 atom stereocenters. The summed E-state index contributed by atoms with van der Waals surface area (Å²) in [7, 11) is 0. The Labute approximate surface area is 487 Å². The standard InChI is InChI=1S/C76H80BN3S/c1-70(2,3)50-29-32-61(54(39-50)48-26-18-15-19-27-48)78-63-45-56-55-40-51(71(4,5)6)30-33-66(55)81-67(56)46-59(63)77-60-42-52(72(7,8)9)41-58-69(60)80(76(13)37-23-21-35-74(58,76)11)65-44-53(43-64(78)68(65)77)79-62-31-28-49(47-24-16-14-17-25-47)38-57(62)73(10)34-20-22-36-75(73,79)12/h14-19,24-33,38-46H,20-23,34-37H2,1-13H3. The minimum absolute atomic E-state index is 0.0125. The lowest BCUT2D eigenvalue weighted by Gasteiger charge is -2.54. The van der Waals surface area contributed by atoms with Crippen LogP contribution in [0, 0.1) is 0 Å². The summed E-state index contributed by atoms with van der Waals surface area (Å²) in [6, 6.07) is 60.8. The topological polar surface area (TPSA) is 9.72 Å². The molecule has 4 unspecified atom stereocenters. The third kappa shape index (κ3) is 7.06. The summed E-state index contributed by atoms with van der Waals surface area (Å²) < 4.78 is 2.73. The van der Waals surface area contributed by atoms with E-state index < -0.39 is 0 Å². The Morgan fingerprint density at radius 3 is 1.68 bits per heavy atom. The van der Waals surface area contributed by atoms with Crippen molar-refractivity contribution in [1.82, 2.24) is 0 Å². The van der Waals surface area contributed by atoms with Crippen LogP contribution >= 0.6 is 11.3 Å². The van der Waals surface area contributed by atoms with Crippen molar-refractivity contribution < 1.29 is 0 Å². The Morgan fingerprint density at radius 2 is 1.00 bits per heavy atom. The molecule has 5 heteroatoms. The molecule has 0 bridgehead atoms. The number of hydrogen-bond acceptors (Lipinski definition) is 4. The van der Waals surface area contributed by atoms with Crippen LogP contribution < -0.4 is 31.1 Å². The van der Waals surface area contributed by atoms with E-state index in [1.54, 1.807) is 5.56 Å². The Kier molecular flexibility index (Phi) is 10.8. The maximum absolute atomic E-state index is 2.98. The van der Waals surface area contributed by atoms with Gasteiger partial charge in [-0.15, -0.1) is 11.3 Å². The van der Waals surface area contributed by atoms with E-state index in [-0.39, 0.29) is 44.9 Å². The first-order valence-electron chi connectivity index (χ1n) is 30.7. The third-order valence-corrected chi connectivity index (χ3v) is 23.1. The van der Waals surface area contributed by atoms with Crippen molar-refractivity contribution in [3.63, 3.8) is 0 Å². The molecule has 0 spiro atoms. The summed E-state index contributed by atoms with van der Waals surface area (Å²) in [4.78, 5) is 8.66. The Bertz CT molecular complexity index is 4110. The molecule has 0 saturated heterocycles. The molecule has 408 valence electrons. The van der Waals surface area contributed by atoms with Gasteiger partial charge in [0.25, 0.3) is 6.71 Å². The molecule has 2 saturated carbocycles. The van der Waals surface area contributed by atoms with Crippen LogP contribution in [-0.2, 0) is 27.1 Å². The summed E-state index contributed by atoms with van der Waals surface area (Å²) in [5.74, 6) is 0. The number of thiophene rings is 1. The van der Waals surface area contributed by atoms with Gasteiger partial charge in [0.1, 0.15) is 0 Å². The summed E-state index contributed by atoms with van der Waals surface area (Å²) in [6.07, 6.45) is 9.60. The van der Waals surface area contributed by atoms with Crippen LogP contribution in [0.2, 0.25) is 0 Å². The van der Waals surface area contributed by atoms with Crippen LogP contribution in [0.15, 0.2) is 152 Å². The van der Waals surface area contributed by atoms with E-state index in [2.05, 4.69) is 256 Å². The fourth-order valence-corrected chi connectivity index (χ4v) is 18.0. The van der Waals surface area contributed by atoms with Gasteiger partial charge in [0, 0.05) is 70.7 Å². The lowest BCUT2D eigenvalue weighted by molar-refractivity contribution is 0.194. The van der Waals surface area contributed by atoms with Crippen LogP contribution in [-0.4, -0.2) is 17.8 Å². The van der Waals surface area contributed by atoms with Crippen molar-refractivity contribution in [2.24, 2.45) is 0 Å². The third-order valence-electron chi connectivity index (χ3n) is 22.0. The predicted octanol–water partition coefficient (Wildman–Crippen LogP) is 19.4. The molecule has 5 heterocycles. The molecular weight excluding hydrogens is 998 g/mol. The minimum Gasteiger partial charge on any atom is -0.335 e. The van der Waals surface area contributed by atoms with Gasteiger partial charge >= 0.3 is 0 Å². The van der Waals surface area contributed by atoms with Gasteiger partial charge < -0.3 is 14.7 Å². The average molecular weight is 1080 g/mol. The maximum atomic E-state index is 2.98. The zero-order chi connectivity index (χ0) is 56.1. The molecule has 81 heavy (non-hydrogen) atoms. The van der Waals surface area contributed by atoms with Crippen LogP contribution in [0.1, 0.15) is 169 Å². The van der Waals surface area contributed by atoms with E-state index in [1.165, 1.54) is 159 Å². The lowest BCUT2D eigenvalue weighted by Crippen LogP contribution is -2.64. The van der Waals surface area contributed by atoms with Gasteiger partial charge in [0.05, 0.1) is 16.8 Å². The van der Waals surface area contributed by atoms with E-state index >= 15 is 0 Å². The first-order chi connectivity index (χ1) is 38.5. The van der Waals surface area contributed by atoms with E-state index in [0.717, 1.165) is 12.8 Å². The van der Waals surface area contributed by atoms with Crippen molar-refractivity contribution in [3.8, 4) is 22.3 Å². The van der Waals surface area contributed by atoms with E-state index in [1.807, 2.05) is 11.3 Å². The first kappa shape index (κ1) is 51.3. The molecule has 1 aromatic heterocycles. The van der Waals surface area contributed by atoms with Crippen molar-refractivity contribution in [1.29, 1.82) is 0 Å². The second kappa shape index (κ2) is 17.0. The van der Waals surface area contributed by atoms with E-state index in [0.29, 0.717) is 0 Å². The Morgan fingerprint density at radius 1 is 0.420 bits per heavy atom. The second-order valence-electron chi connectivity index (χ2n) is 29.6. The maximum Gasteiger partial charge on any atom is 0.252 e. The fourth-order valence-electron chi connectivity index (χ4n) is 16.9. The van der Waals surface area contributed by atoms with Gasteiger partial charge in [-0.3, -0.25) is 0 Å². The van der Waals surface area contributed by atoms with Crippen LogP contribution in [0.5, 0.6) is 0 Å². The van der Waals surface area contributed by atoms with E-state index in [9.17, 15) is 0 Å². The van der Waals surface area contributed by atoms with Gasteiger partial charge in [0.15, 0.2) is 0 Å². The molecule has 0 N–H and O–H groups in total. The average Bonchev–Trinajstić information content (AvgIpc) is 1.84. The number of hydrogen-bond donors (Lipinski definition) is 0. The highest BCUT2D eigenvalue weighted by Gasteiger charge is 2.63. The molecule has 4 aliphatic heterocycles. The van der Waals surface area contributed by atoms with Crippen molar-refractivity contribution in [2.75, 3.05) is 14.7 Å². The highest BCUT2D eigenvalue weighted by Crippen LogP contribution is 2.65. The molecule has 0 radical (unpaired) electrons. The molecule has 2 aliphatic carbocycles. The molecule has 6 aliphatic rings. The number of benzene rings is 8. The zero-order valence-corrected chi connectivity index (χ0v) is 51.2. The minimum atomic E-state index is -0.162. The highest BCUT2D eigenvalue weighted by atomic mass is 32.1. The van der Waals surface area contributed by atoms with Gasteiger partial charge in [-0.05, 0) is 177 Å². The van der Waals surface area contributed by atoms with Crippen LogP contribution in [0.4, 0.5) is 39.8 Å². The van der Waals surface area contributed by atoms with Crippen LogP contribution in [0.25, 0.3) is 42.4 Å². The molecule has 2 fully saturated rings. The van der Waals surface area contributed by atoms with Gasteiger partial charge in [-0.1, -0.05) is 193 Å². The molecule has 3 nitrogen and oxygen atoms in total. The summed E-state index contributed by atoms with van der Waals surface area (Å²) >= 11 is 1.98. The summed E-state index contributed by atoms with van der Waals surface area (Å²) in [5.41, 5.74) is 25.7. The van der Waals surface area contributed by atoms with Crippen LogP contribution in [0.3, 0.4) is 0 Å². The number of rotatable bonds is 4. The van der Waals surface area contributed by atoms with Gasteiger partial charge in [-0.25, -0.2) is 0 Å². The zero-order valence-electron chi connectivity index (χ0n) is 50.4. The largest absolute Gasteiger partial charge is 0.335 e. The first-order valence-corrected chi connectivity index (χ1v) is 31.5. The van der Waals surface area contributed by atoms with Crippen molar-refractivity contribution >= 4 is 94.4 Å². The normalized spacial score (nSPS) is 23.6. The molecule has 8 aromatic carbocycles. The van der Waals surface area contributed by atoms with Crippen molar-refractivity contribution in [2.45, 2.75) is 180 Å². The van der Waals surface area contributed by atoms with Gasteiger partial charge in [0.2, 0.25) is 0 Å². The van der Waals surface area contributed by atoms with E-state index in [4.69, 9.17) is 0 Å². The summed E-state index contributed by atoms with van der Waals surface area (Å²) in [5, 5.41) is 2.71. The van der Waals surface area contributed by atoms with Gasteiger partial charge in [-0.2, -0.15) is 0 Å². The highest BCUT2D eigenvalue weighted by molar-refractivity contribution is 7.26. The smallest absolute Gasteiger partial charge is 0.252 e. The predicted molar refractivity (Wildman–Crippen MR) is 351 cm³/mol. The molecular formula is C76H80BN3S.